The van der Waals surface area contributed by atoms with Gasteiger partial charge in [0, 0.05) is 6.08 Å². The predicted molar refractivity (Wildman–Crippen MR) is 67.6 cm³/mol. The summed E-state index contributed by atoms with van der Waals surface area (Å²) >= 11 is 0. The average molecular weight is 235 g/mol. The van der Waals surface area contributed by atoms with E-state index in [1.807, 2.05) is 25.1 Å². The summed E-state index contributed by atoms with van der Waals surface area (Å²) in [5, 5.41) is 10.2. The minimum atomic E-state index is -0.472. The Labute approximate surface area is 101 Å². The van der Waals surface area contributed by atoms with Gasteiger partial charge in [-0.1, -0.05) is 19.4 Å². The van der Waals surface area contributed by atoms with Crippen LogP contribution in [0.5, 0.6) is 5.75 Å². The lowest BCUT2D eigenvalue weighted by Crippen LogP contribution is -1.97. The topological polar surface area (TPSA) is 52.4 Å². The molecular formula is C13H17NO3. The van der Waals surface area contributed by atoms with Gasteiger partial charge in [0.25, 0.3) is 0 Å². The van der Waals surface area contributed by atoms with Crippen LogP contribution >= 0.6 is 0 Å². The Morgan fingerprint density at radius 3 is 2.82 bits per heavy atom. The standard InChI is InChI=1S/C13H17NO3/c1-3-4-7-17-13-9-11(2)8-12(10-13)5-6-14(15)16/h5-6,8-10H,3-4,7H2,1-2H3/b6-5+. The summed E-state index contributed by atoms with van der Waals surface area (Å²) in [6.07, 6.45) is 4.50. The number of rotatable bonds is 6. The van der Waals surface area contributed by atoms with Gasteiger partial charge < -0.3 is 4.74 Å². The van der Waals surface area contributed by atoms with E-state index in [-0.39, 0.29) is 0 Å². The first kappa shape index (κ1) is 13.2. The molecule has 1 aromatic rings. The number of benzene rings is 1. The molecule has 0 N–H and O–H groups in total. The molecule has 0 bridgehead atoms. The Balaban J connectivity index is 2.75. The highest BCUT2D eigenvalue weighted by atomic mass is 16.6. The monoisotopic (exact) mass is 235 g/mol. The summed E-state index contributed by atoms with van der Waals surface area (Å²) in [6.45, 7) is 4.72. The fourth-order valence-corrected chi connectivity index (χ4v) is 1.44. The fourth-order valence-electron chi connectivity index (χ4n) is 1.44. The van der Waals surface area contributed by atoms with Crippen LogP contribution in [0.3, 0.4) is 0 Å². The third-order valence-corrected chi connectivity index (χ3v) is 2.23. The quantitative estimate of drug-likeness (QED) is 0.431. The van der Waals surface area contributed by atoms with Crippen molar-refractivity contribution in [3.63, 3.8) is 0 Å². The highest BCUT2D eigenvalue weighted by molar-refractivity contribution is 5.52. The summed E-state index contributed by atoms with van der Waals surface area (Å²) in [5.74, 6) is 0.765. The van der Waals surface area contributed by atoms with Crippen molar-refractivity contribution in [3.05, 3.63) is 45.6 Å². The summed E-state index contributed by atoms with van der Waals surface area (Å²) < 4.78 is 5.57. The molecule has 4 nitrogen and oxygen atoms in total. The molecule has 1 aromatic carbocycles. The molecule has 0 saturated heterocycles. The van der Waals surface area contributed by atoms with Crippen LogP contribution in [0.15, 0.2) is 24.4 Å². The zero-order valence-corrected chi connectivity index (χ0v) is 10.2. The maximum absolute atomic E-state index is 10.2. The van der Waals surface area contributed by atoms with Gasteiger partial charge in [0.1, 0.15) is 5.75 Å². The van der Waals surface area contributed by atoms with Gasteiger partial charge >= 0.3 is 0 Å². The van der Waals surface area contributed by atoms with E-state index in [0.29, 0.717) is 6.61 Å². The molecule has 0 atom stereocenters. The van der Waals surface area contributed by atoms with Gasteiger partial charge in [-0.2, -0.15) is 0 Å². The molecule has 0 fully saturated rings. The van der Waals surface area contributed by atoms with Gasteiger partial charge in [0.15, 0.2) is 0 Å². The molecule has 92 valence electrons. The van der Waals surface area contributed by atoms with Crippen LogP contribution < -0.4 is 4.74 Å². The lowest BCUT2D eigenvalue weighted by Gasteiger charge is -2.07. The molecule has 0 heterocycles. The van der Waals surface area contributed by atoms with Crippen LogP contribution in [0.2, 0.25) is 0 Å². The van der Waals surface area contributed by atoms with Crippen molar-refractivity contribution in [3.8, 4) is 5.75 Å². The molecule has 0 unspecified atom stereocenters. The van der Waals surface area contributed by atoms with E-state index in [4.69, 9.17) is 4.74 Å². The largest absolute Gasteiger partial charge is 0.494 e. The normalized spacial score (nSPS) is 10.7. The molecule has 0 aliphatic rings. The molecular weight excluding hydrogens is 218 g/mol. The molecule has 0 aliphatic heterocycles. The number of unbranched alkanes of at least 4 members (excludes halogenated alkanes) is 1. The number of hydrogen-bond acceptors (Lipinski definition) is 3. The Hall–Kier alpha value is -1.84. The average Bonchev–Trinajstić information content (AvgIpc) is 2.26. The molecule has 0 spiro atoms. The van der Waals surface area contributed by atoms with E-state index >= 15 is 0 Å². The zero-order chi connectivity index (χ0) is 12.7. The SMILES string of the molecule is CCCCOc1cc(C)cc(/C=C/[N+](=O)[O-])c1. The highest BCUT2D eigenvalue weighted by Crippen LogP contribution is 2.18. The third-order valence-electron chi connectivity index (χ3n) is 2.23. The van der Waals surface area contributed by atoms with E-state index in [1.54, 1.807) is 0 Å². The number of nitrogens with zero attached hydrogens (tertiary/aromatic N) is 1. The maximum Gasteiger partial charge on any atom is 0.235 e. The van der Waals surface area contributed by atoms with Crippen molar-refractivity contribution in [1.82, 2.24) is 0 Å². The van der Waals surface area contributed by atoms with E-state index in [1.165, 1.54) is 6.08 Å². The predicted octanol–water partition coefficient (Wildman–Crippen LogP) is 3.42. The van der Waals surface area contributed by atoms with Gasteiger partial charge in [-0.15, -0.1) is 0 Å². The Kier molecular flexibility index (Phi) is 5.20. The summed E-state index contributed by atoms with van der Waals surface area (Å²) in [5.41, 5.74) is 1.81. The molecule has 1 rings (SSSR count). The van der Waals surface area contributed by atoms with Crippen LogP contribution in [-0.4, -0.2) is 11.5 Å². The second kappa shape index (κ2) is 6.68. The number of nitro groups is 1. The van der Waals surface area contributed by atoms with Crippen molar-refractivity contribution in [2.24, 2.45) is 0 Å². The third kappa shape index (κ3) is 5.15. The van der Waals surface area contributed by atoms with E-state index in [2.05, 4.69) is 6.92 Å². The van der Waals surface area contributed by atoms with E-state index < -0.39 is 4.92 Å². The van der Waals surface area contributed by atoms with Crippen LogP contribution in [0.25, 0.3) is 6.08 Å². The van der Waals surface area contributed by atoms with Crippen molar-refractivity contribution < 1.29 is 9.66 Å². The van der Waals surface area contributed by atoms with Crippen LogP contribution in [0.4, 0.5) is 0 Å². The minimum Gasteiger partial charge on any atom is -0.494 e. The zero-order valence-electron chi connectivity index (χ0n) is 10.2. The van der Waals surface area contributed by atoms with E-state index in [9.17, 15) is 10.1 Å². The second-order valence-corrected chi connectivity index (χ2v) is 3.88. The van der Waals surface area contributed by atoms with Crippen molar-refractivity contribution >= 4 is 6.08 Å². The molecule has 0 saturated carbocycles. The lowest BCUT2D eigenvalue weighted by molar-refractivity contribution is -0.400. The number of hydrogen-bond donors (Lipinski definition) is 0. The van der Waals surface area contributed by atoms with Gasteiger partial charge in [-0.05, 0) is 36.6 Å². The molecule has 17 heavy (non-hydrogen) atoms. The fraction of sp³-hybridized carbons (Fsp3) is 0.385. The summed E-state index contributed by atoms with van der Waals surface area (Å²) in [6, 6.07) is 5.62. The summed E-state index contributed by atoms with van der Waals surface area (Å²) in [4.78, 5) is 9.77. The van der Waals surface area contributed by atoms with Gasteiger partial charge in [0.05, 0.1) is 11.5 Å². The lowest BCUT2D eigenvalue weighted by atomic mass is 10.1. The Morgan fingerprint density at radius 2 is 2.18 bits per heavy atom. The van der Waals surface area contributed by atoms with Crippen molar-refractivity contribution in [1.29, 1.82) is 0 Å². The van der Waals surface area contributed by atoms with Gasteiger partial charge in [-0.3, -0.25) is 10.1 Å². The van der Waals surface area contributed by atoms with Crippen molar-refractivity contribution in [2.75, 3.05) is 6.61 Å². The van der Waals surface area contributed by atoms with Gasteiger partial charge in [-0.25, -0.2) is 0 Å². The first-order valence-electron chi connectivity index (χ1n) is 5.68. The smallest absolute Gasteiger partial charge is 0.235 e. The van der Waals surface area contributed by atoms with Crippen LogP contribution in [0.1, 0.15) is 30.9 Å². The highest BCUT2D eigenvalue weighted by Gasteiger charge is 1.99. The number of ether oxygens (including phenoxy) is 1. The first-order chi connectivity index (χ1) is 8.11. The Morgan fingerprint density at radius 1 is 1.41 bits per heavy atom. The molecule has 4 heteroatoms. The number of aryl methyl sites for hydroxylation is 1. The first-order valence-corrected chi connectivity index (χ1v) is 5.68. The van der Waals surface area contributed by atoms with Crippen LogP contribution in [-0.2, 0) is 0 Å². The van der Waals surface area contributed by atoms with Crippen LogP contribution in [0, 0.1) is 17.0 Å². The Bertz CT molecular complexity index is 413. The molecule has 0 amide bonds. The van der Waals surface area contributed by atoms with Gasteiger partial charge in [0.2, 0.25) is 6.20 Å². The maximum atomic E-state index is 10.2. The molecule has 0 radical (unpaired) electrons. The second-order valence-electron chi connectivity index (χ2n) is 3.88. The van der Waals surface area contributed by atoms with Crippen molar-refractivity contribution in [2.45, 2.75) is 26.7 Å². The minimum absolute atomic E-state index is 0.472. The summed E-state index contributed by atoms with van der Waals surface area (Å²) in [7, 11) is 0. The molecule has 0 aliphatic carbocycles. The molecule has 0 aromatic heterocycles. The van der Waals surface area contributed by atoms with E-state index in [0.717, 1.165) is 35.9 Å².